The molecule has 4 nitrogen and oxygen atoms in total. The second-order valence-corrected chi connectivity index (χ2v) is 8.02. The van der Waals surface area contributed by atoms with Gasteiger partial charge in [0, 0.05) is 29.5 Å². The number of para-hydroxylation sites is 2. The lowest BCUT2D eigenvalue weighted by molar-refractivity contribution is 0.0954. The van der Waals surface area contributed by atoms with Crippen LogP contribution in [0.25, 0.3) is 11.0 Å². The number of hydrogen-bond donors (Lipinski definition) is 1. The van der Waals surface area contributed by atoms with Gasteiger partial charge in [0.1, 0.15) is 5.82 Å². The van der Waals surface area contributed by atoms with Crippen molar-refractivity contribution in [1.29, 1.82) is 0 Å². The Bertz CT molecular complexity index is 1170. The molecule has 1 heterocycles. The summed E-state index contributed by atoms with van der Waals surface area (Å²) in [7, 11) is 0. The summed E-state index contributed by atoms with van der Waals surface area (Å²) in [5, 5.41) is 3.01. The molecule has 1 amide bonds. The highest BCUT2D eigenvalue weighted by atomic mass is 79.9. The summed E-state index contributed by atoms with van der Waals surface area (Å²) in [6.45, 7) is 3.40. The maximum absolute atomic E-state index is 12.4. The van der Waals surface area contributed by atoms with Gasteiger partial charge in [-0.2, -0.15) is 0 Å². The number of aryl methyl sites for hydroxylation is 1. The molecular weight excluding hydrogens is 426 g/mol. The lowest BCUT2D eigenvalue weighted by Gasteiger charge is -2.11. The molecule has 4 rings (SSSR count). The first kappa shape index (κ1) is 19.4. The monoisotopic (exact) mass is 447 g/mol. The molecule has 5 heteroatoms. The summed E-state index contributed by atoms with van der Waals surface area (Å²) in [5.41, 5.74) is 5.23. The van der Waals surface area contributed by atoms with Crippen LogP contribution in [0.2, 0.25) is 0 Å². The SMILES string of the molecule is Cc1cccc(Cn2c(CCNC(=O)c3cccc(Br)c3)nc3ccccc32)c1. The van der Waals surface area contributed by atoms with E-state index in [9.17, 15) is 4.79 Å². The zero-order valence-electron chi connectivity index (χ0n) is 16.2. The van der Waals surface area contributed by atoms with Gasteiger partial charge in [-0.1, -0.05) is 64.0 Å². The van der Waals surface area contributed by atoms with E-state index in [0.717, 1.165) is 27.9 Å². The third-order valence-electron chi connectivity index (χ3n) is 4.88. The van der Waals surface area contributed by atoms with E-state index < -0.39 is 0 Å². The molecule has 0 spiro atoms. The van der Waals surface area contributed by atoms with E-state index >= 15 is 0 Å². The topological polar surface area (TPSA) is 46.9 Å². The van der Waals surface area contributed by atoms with E-state index in [1.54, 1.807) is 0 Å². The highest BCUT2D eigenvalue weighted by Gasteiger charge is 2.12. The smallest absolute Gasteiger partial charge is 0.251 e. The van der Waals surface area contributed by atoms with Crippen molar-refractivity contribution in [2.24, 2.45) is 0 Å². The number of carbonyl (C=O) groups is 1. The number of rotatable bonds is 6. The molecule has 1 N–H and O–H groups in total. The summed E-state index contributed by atoms with van der Waals surface area (Å²) in [6.07, 6.45) is 0.667. The number of nitrogens with zero attached hydrogens (tertiary/aromatic N) is 2. The number of halogens is 1. The Morgan fingerprint density at radius 1 is 1.03 bits per heavy atom. The minimum Gasteiger partial charge on any atom is -0.352 e. The number of aromatic nitrogens is 2. The highest BCUT2D eigenvalue weighted by Crippen LogP contribution is 2.19. The van der Waals surface area contributed by atoms with Gasteiger partial charge in [0.05, 0.1) is 11.0 Å². The van der Waals surface area contributed by atoms with Crippen LogP contribution in [0.1, 0.15) is 27.3 Å². The first-order chi connectivity index (χ1) is 14.1. The van der Waals surface area contributed by atoms with Crippen molar-refractivity contribution >= 4 is 32.9 Å². The van der Waals surface area contributed by atoms with Gasteiger partial charge >= 0.3 is 0 Å². The van der Waals surface area contributed by atoms with Crippen LogP contribution in [0, 0.1) is 6.92 Å². The zero-order valence-corrected chi connectivity index (χ0v) is 17.8. The van der Waals surface area contributed by atoms with Gasteiger partial charge in [0.25, 0.3) is 5.91 Å². The van der Waals surface area contributed by atoms with E-state index in [0.29, 0.717) is 18.5 Å². The quantitative estimate of drug-likeness (QED) is 0.445. The third-order valence-corrected chi connectivity index (χ3v) is 5.37. The maximum atomic E-state index is 12.4. The Kier molecular flexibility index (Phi) is 5.76. The van der Waals surface area contributed by atoms with E-state index in [-0.39, 0.29) is 5.91 Å². The van der Waals surface area contributed by atoms with Crippen LogP contribution >= 0.6 is 15.9 Å². The van der Waals surface area contributed by atoms with Crippen LogP contribution in [0.15, 0.2) is 77.3 Å². The summed E-state index contributed by atoms with van der Waals surface area (Å²) >= 11 is 3.41. The lowest BCUT2D eigenvalue weighted by Crippen LogP contribution is -2.26. The van der Waals surface area contributed by atoms with Crippen molar-refractivity contribution in [2.75, 3.05) is 6.54 Å². The molecule has 3 aromatic carbocycles. The molecule has 0 atom stereocenters. The minimum absolute atomic E-state index is 0.0763. The van der Waals surface area contributed by atoms with E-state index in [2.05, 4.69) is 63.1 Å². The molecule has 0 unspecified atom stereocenters. The van der Waals surface area contributed by atoms with Crippen molar-refractivity contribution in [1.82, 2.24) is 14.9 Å². The molecule has 0 saturated heterocycles. The number of amides is 1. The first-order valence-electron chi connectivity index (χ1n) is 9.63. The molecule has 29 heavy (non-hydrogen) atoms. The maximum Gasteiger partial charge on any atom is 0.251 e. The van der Waals surface area contributed by atoms with E-state index in [1.165, 1.54) is 11.1 Å². The number of fused-ring (bicyclic) bond motifs is 1. The van der Waals surface area contributed by atoms with Crippen LogP contribution in [0.4, 0.5) is 0 Å². The molecule has 4 aromatic rings. The molecule has 0 aliphatic carbocycles. The largest absolute Gasteiger partial charge is 0.352 e. The van der Waals surface area contributed by atoms with Crippen molar-refractivity contribution < 1.29 is 4.79 Å². The second kappa shape index (κ2) is 8.62. The van der Waals surface area contributed by atoms with Gasteiger partial charge in [0.2, 0.25) is 0 Å². The summed E-state index contributed by atoms with van der Waals surface area (Å²) in [4.78, 5) is 17.2. The average Bonchev–Trinajstić information content (AvgIpc) is 3.05. The zero-order chi connectivity index (χ0) is 20.2. The highest BCUT2D eigenvalue weighted by molar-refractivity contribution is 9.10. The third kappa shape index (κ3) is 4.57. The second-order valence-electron chi connectivity index (χ2n) is 7.11. The fourth-order valence-corrected chi connectivity index (χ4v) is 3.90. The Balaban J connectivity index is 1.53. The number of imidazole rings is 1. The molecule has 0 aliphatic rings. The summed E-state index contributed by atoms with van der Waals surface area (Å²) in [5.74, 6) is 0.898. The predicted octanol–water partition coefficient (Wildman–Crippen LogP) is 5.13. The standard InChI is InChI=1S/C24H22BrN3O/c1-17-6-4-7-18(14-17)16-28-22-11-3-2-10-21(22)27-23(28)12-13-26-24(29)19-8-5-9-20(25)15-19/h2-11,14-15H,12-13,16H2,1H3,(H,26,29). The van der Waals surface area contributed by atoms with E-state index in [4.69, 9.17) is 4.98 Å². The van der Waals surface area contributed by atoms with Crippen LogP contribution in [-0.4, -0.2) is 22.0 Å². The van der Waals surface area contributed by atoms with Gasteiger partial charge in [-0.3, -0.25) is 4.79 Å². The molecule has 0 aliphatic heterocycles. The minimum atomic E-state index is -0.0763. The van der Waals surface area contributed by atoms with Gasteiger partial charge in [-0.25, -0.2) is 4.98 Å². The molecule has 0 radical (unpaired) electrons. The number of carbonyl (C=O) groups excluding carboxylic acids is 1. The van der Waals surface area contributed by atoms with Gasteiger partial charge < -0.3 is 9.88 Å². The molecule has 0 saturated carbocycles. The fourth-order valence-electron chi connectivity index (χ4n) is 3.51. The average molecular weight is 448 g/mol. The first-order valence-corrected chi connectivity index (χ1v) is 10.4. The van der Waals surface area contributed by atoms with Crippen molar-refractivity contribution in [3.8, 4) is 0 Å². The van der Waals surface area contributed by atoms with Crippen LogP contribution in [0.5, 0.6) is 0 Å². The Labute approximate surface area is 178 Å². The van der Waals surface area contributed by atoms with Gasteiger partial charge in [-0.05, 0) is 42.8 Å². The van der Waals surface area contributed by atoms with Crippen LogP contribution < -0.4 is 5.32 Å². The number of hydrogen-bond acceptors (Lipinski definition) is 2. The number of nitrogens with one attached hydrogen (secondary N) is 1. The molecule has 1 aromatic heterocycles. The van der Waals surface area contributed by atoms with Crippen molar-refractivity contribution in [3.05, 3.63) is 99.8 Å². The van der Waals surface area contributed by atoms with Gasteiger partial charge in [0.15, 0.2) is 0 Å². The molecule has 0 fully saturated rings. The summed E-state index contributed by atoms with van der Waals surface area (Å²) in [6, 6.07) is 24.1. The van der Waals surface area contributed by atoms with Crippen molar-refractivity contribution in [3.63, 3.8) is 0 Å². The fraction of sp³-hybridized carbons (Fsp3) is 0.167. The Morgan fingerprint density at radius 3 is 2.69 bits per heavy atom. The van der Waals surface area contributed by atoms with Gasteiger partial charge in [-0.15, -0.1) is 0 Å². The molecule has 146 valence electrons. The van der Waals surface area contributed by atoms with E-state index in [1.807, 2.05) is 42.5 Å². The predicted molar refractivity (Wildman–Crippen MR) is 120 cm³/mol. The molecule has 0 bridgehead atoms. The summed E-state index contributed by atoms with van der Waals surface area (Å²) < 4.78 is 3.14. The van der Waals surface area contributed by atoms with Crippen LogP contribution in [0.3, 0.4) is 0 Å². The van der Waals surface area contributed by atoms with Crippen molar-refractivity contribution in [2.45, 2.75) is 19.9 Å². The van der Waals surface area contributed by atoms with Crippen LogP contribution in [-0.2, 0) is 13.0 Å². The number of benzene rings is 3. The Hall–Kier alpha value is -2.92. The Morgan fingerprint density at radius 2 is 1.86 bits per heavy atom. The molecular formula is C24H22BrN3O. The lowest BCUT2D eigenvalue weighted by atomic mass is 10.1. The normalized spacial score (nSPS) is 11.0.